The molecule has 100 valence electrons. The van der Waals surface area contributed by atoms with Crippen LogP contribution in [0.2, 0.25) is 0 Å². The number of carbonyl (C=O) groups is 1. The Hall–Kier alpha value is -1.30. The van der Waals surface area contributed by atoms with Gasteiger partial charge in [-0.2, -0.15) is 0 Å². The van der Waals surface area contributed by atoms with Crippen molar-refractivity contribution < 1.29 is 4.79 Å². The van der Waals surface area contributed by atoms with Crippen molar-refractivity contribution >= 4 is 28.2 Å². The summed E-state index contributed by atoms with van der Waals surface area (Å²) in [5.74, 6) is 0.582. The first kappa shape index (κ1) is 13.1. The predicted octanol–water partition coefficient (Wildman–Crippen LogP) is 2.07. The Kier molecular flexibility index (Phi) is 3.75. The summed E-state index contributed by atoms with van der Waals surface area (Å²) < 4.78 is 0. The van der Waals surface area contributed by atoms with E-state index in [4.69, 9.17) is 5.73 Å². The molecular weight excluding hydrogens is 248 g/mol. The van der Waals surface area contributed by atoms with E-state index < -0.39 is 0 Å². The lowest BCUT2D eigenvalue weighted by Gasteiger charge is -2.16. The zero-order chi connectivity index (χ0) is 13.3. The van der Waals surface area contributed by atoms with Crippen LogP contribution in [-0.4, -0.2) is 23.0 Å². The van der Waals surface area contributed by atoms with Gasteiger partial charge in [-0.25, -0.2) is 4.98 Å². The zero-order valence-corrected chi connectivity index (χ0v) is 11.8. The third-order valence-electron chi connectivity index (χ3n) is 3.12. The van der Waals surface area contributed by atoms with E-state index >= 15 is 0 Å². The van der Waals surface area contributed by atoms with E-state index in [1.807, 2.05) is 6.92 Å². The lowest BCUT2D eigenvalue weighted by molar-refractivity contribution is 0.0935. The summed E-state index contributed by atoms with van der Waals surface area (Å²) in [5, 5.41) is 6.95. The second kappa shape index (κ2) is 5.14. The molecule has 5 nitrogen and oxygen atoms in total. The van der Waals surface area contributed by atoms with Gasteiger partial charge < -0.3 is 16.4 Å². The second-order valence-corrected chi connectivity index (χ2v) is 6.16. The normalized spacial score (nSPS) is 16.7. The van der Waals surface area contributed by atoms with Crippen LogP contribution in [-0.2, 0) is 0 Å². The highest BCUT2D eigenvalue weighted by Gasteiger charge is 2.24. The third kappa shape index (κ3) is 3.13. The highest BCUT2D eigenvalue weighted by Crippen LogP contribution is 2.30. The lowest BCUT2D eigenvalue weighted by atomic mass is 10.1. The lowest BCUT2D eigenvalue weighted by Crippen LogP contribution is -2.35. The number of amides is 1. The molecule has 1 heterocycles. The van der Waals surface area contributed by atoms with E-state index in [1.165, 1.54) is 24.2 Å². The van der Waals surface area contributed by atoms with Gasteiger partial charge in [0.05, 0.1) is 0 Å². The highest BCUT2D eigenvalue weighted by atomic mass is 32.1. The Morgan fingerprint density at radius 3 is 2.67 bits per heavy atom. The van der Waals surface area contributed by atoms with Gasteiger partial charge >= 0.3 is 0 Å². The number of aromatic nitrogens is 1. The molecule has 0 bridgehead atoms. The van der Waals surface area contributed by atoms with Crippen molar-refractivity contribution in [3.05, 3.63) is 4.88 Å². The first-order chi connectivity index (χ1) is 8.47. The van der Waals surface area contributed by atoms with Gasteiger partial charge in [-0.3, -0.25) is 4.79 Å². The fraction of sp³-hybridized carbons (Fsp3) is 0.667. The molecule has 0 aromatic carbocycles. The van der Waals surface area contributed by atoms with Gasteiger partial charge in [-0.05, 0) is 25.7 Å². The molecule has 1 atom stereocenters. The molecule has 4 N–H and O–H groups in total. The SMILES string of the molecule is CC(C)C(C)NC(=O)c1sc(NC2CC2)nc1N. The van der Waals surface area contributed by atoms with Crippen molar-refractivity contribution in [3.8, 4) is 0 Å². The number of thiazole rings is 1. The minimum atomic E-state index is -0.130. The highest BCUT2D eigenvalue weighted by molar-refractivity contribution is 7.18. The van der Waals surface area contributed by atoms with E-state index in [2.05, 4.69) is 29.5 Å². The number of nitrogens with two attached hydrogens (primary N) is 1. The van der Waals surface area contributed by atoms with Gasteiger partial charge in [0, 0.05) is 12.1 Å². The van der Waals surface area contributed by atoms with Crippen LogP contribution in [0, 0.1) is 5.92 Å². The van der Waals surface area contributed by atoms with E-state index in [9.17, 15) is 4.79 Å². The molecule has 6 heteroatoms. The summed E-state index contributed by atoms with van der Waals surface area (Å²) in [5.41, 5.74) is 5.79. The first-order valence-corrected chi connectivity index (χ1v) is 7.12. The number of nitrogens with zero attached hydrogens (tertiary/aromatic N) is 1. The molecule has 18 heavy (non-hydrogen) atoms. The molecule has 1 aliphatic rings. The van der Waals surface area contributed by atoms with E-state index in [1.54, 1.807) is 0 Å². The molecule has 1 amide bonds. The smallest absolute Gasteiger partial charge is 0.265 e. The van der Waals surface area contributed by atoms with E-state index in [-0.39, 0.29) is 11.9 Å². The Morgan fingerprint density at radius 2 is 2.11 bits per heavy atom. The fourth-order valence-electron chi connectivity index (χ4n) is 1.40. The summed E-state index contributed by atoms with van der Waals surface area (Å²) in [6, 6.07) is 0.639. The number of rotatable bonds is 5. The van der Waals surface area contributed by atoms with Crippen LogP contribution in [0.4, 0.5) is 10.9 Å². The van der Waals surface area contributed by atoms with Crippen LogP contribution >= 0.6 is 11.3 Å². The number of carbonyl (C=O) groups excluding carboxylic acids is 1. The Labute approximate surface area is 111 Å². The number of anilines is 2. The van der Waals surface area contributed by atoms with Crippen molar-refractivity contribution in [2.75, 3.05) is 11.1 Å². The van der Waals surface area contributed by atoms with Crippen LogP contribution in [0.5, 0.6) is 0 Å². The average molecular weight is 268 g/mol. The van der Waals surface area contributed by atoms with Gasteiger partial charge in [-0.15, -0.1) is 0 Å². The number of hydrogen-bond acceptors (Lipinski definition) is 5. The fourth-order valence-corrected chi connectivity index (χ4v) is 2.26. The summed E-state index contributed by atoms with van der Waals surface area (Å²) in [4.78, 5) is 16.7. The summed E-state index contributed by atoms with van der Waals surface area (Å²) in [6.07, 6.45) is 2.34. The molecule has 1 aromatic heterocycles. The zero-order valence-electron chi connectivity index (χ0n) is 11.0. The van der Waals surface area contributed by atoms with Crippen molar-refractivity contribution in [3.63, 3.8) is 0 Å². The predicted molar refractivity (Wildman–Crippen MR) is 74.9 cm³/mol. The molecule has 1 aliphatic carbocycles. The molecule has 1 aromatic rings. The van der Waals surface area contributed by atoms with Crippen LogP contribution in [0.3, 0.4) is 0 Å². The third-order valence-corrected chi connectivity index (χ3v) is 4.12. The Balaban J connectivity index is 2.02. The summed E-state index contributed by atoms with van der Waals surface area (Å²) in [7, 11) is 0. The Bertz CT molecular complexity index is 439. The van der Waals surface area contributed by atoms with Gasteiger partial charge in [0.15, 0.2) is 5.13 Å². The first-order valence-electron chi connectivity index (χ1n) is 6.31. The largest absolute Gasteiger partial charge is 0.382 e. The molecule has 0 spiro atoms. The summed E-state index contributed by atoms with van der Waals surface area (Å²) >= 11 is 1.33. The molecule has 0 saturated heterocycles. The molecule has 2 rings (SSSR count). The minimum Gasteiger partial charge on any atom is -0.382 e. The van der Waals surface area contributed by atoms with E-state index in [0.29, 0.717) is 22.7 Å². The number of nitrogens with one attached hydrogen (secondary N) is 2. The maximum Gasteiger partial charge on any atom is 0.265 e. The van der Waals surface area contributed by atoms with Gasteiger partial charge in [0.2, 0.25) is 0 Å². The second-order valence-electron chi connectivity index (χ2n) is 5.16. The van der Waals surface area contributed by atoms with Gasteiger partial charge in [0.25, 0.3) is 5.91 Å². The maximum atomic E-state index is 12.0. The van der Waals surface area contributed by atoms with Crippen LogP contribution in [0.25, 0.3) is 0 Å². The van der Waals surface area contributed by atoms with Gasteiger partial charge in [-0.1, -0.05) is 25.2 Å². The number of hydrogen-bond donors (Lipinski definition) is 3. The quantitative estimate of drug-likeness (QED) is 0.763. The minimum absolute atomic E-state index is 0.124. The van der Waals surface area contributed by atoms with Crippen molar-refractivity contribution in [1.82, 2.24) is 10.3 Å². The molecule has 1 unspecified atom stereocenters. The molecule has 0 aliphatic heterocycles. The summed E-state index contributed by atoms with van der Waals surface area (Å²) in [6.45, 7) is 6.13. The Morgan fingerprint density at radius 1 is 1.44 bits per heavy atom. The number of nitrogen functional groups attached to an aromatic ring is 1. The average Bonchev–Trinajstić information content (AvgIpc) is 3.01. The molecule has 0 radical (unpaired) electrons. The van der Waals surface area contributed by atoms with Crippen molar-refractivity contribution in [1.29, 1.82) is 0 Å². The van der Waals surface area contributed by atoms with Crippen LogP contribution in [0.1, 0.15) is 43.3 Å². The molecule has 1 fully saturated rings. The van der Waals surface area contributed by atoms with Crippen LogP contribution in [0.15, 0.2) is 0 Å². The van der Waals surface area contributed by atoms with Crippen molar-refractivity contribution in [2.24, 2.45) is 5.92 Å². The topological polar surface area (TPSA) is 80.0 Å². The molecule has 1 saturated carbocycles. The monoisotopic (exact) mass is 268 g/mol. The standard InChI is InChI=1S/C12H20N4OS/c1-6(2)7(3)14-11(17)9-10(13)16-12(18-9)15-8-4-5-8/h6-8H,4-5,13H2,1-3H3,(H,14,17)(H,15,16). The van der Waals surface area contributed by atoms with Crippen LogP contribution < -0.4 is 16.4 Å². The van der Waals surface area contributed by atoms with Crippen molar-refractivity contribution in [2.45, 2.75) is 45.7 Å². The maximum absolute atomic E-state index is 12.0. The molecular formula is C12H20N4OS. The van der Waals surface area contributed by atoms with E-state index in [0.717, 1.165) is 5.13 Å². The van der Waals surface area contributed by atoms with Gasteiger partial charge in [0.1, 0.15) is 10.7 Å².